The van der Waals surface area contributed by atoms with Crippen molar-refractivity contribution < 1.29 is 28.2 Å². The van der Waals surface area contributed by atoms with Gasteiger partial charge < -0.3 is 19.4 Å². The lowest BCUT2D eigenvalue weighted by atomic mass is 10.2. The van der Waals surface area contributed by atoms with Crippen molar-refractivity contribution in [1.82, 2.24) is 4.57 Å². The molecule has 0 saturated heterocycles. The largest absolute Gasteiger partial charge is 0.462 e. The molecule has 1 N–H and O–H groups in total. The summed E-state index contributed by atoms with van der Waals surface area (Å²) in [6.07, 6.45) is -1.04. The third-order valence-corrected chi connectivity index (χ3v) is 4.15. The molecule has 28 heavy (non-hydrogen) atoms. The summed E-state index contributed by atoms with van der Waals surface area (Å²) in [5.74, 6) is -2.04. The molecular formula is C20H23FN2O5. The number of nitrogens with zero attached hydrogens (tertiary/aromatic N) is 1. The molecule has 0 saturated carbocycles. The summed E-state index contributed by atoms with van der Waals surface area (Å²) in [4.78, 5) is 36.3. The molecule has 1 aromatic heterocycles. The Kier molecular flexibility index (Phi) is 6.92. The molecule has 0 unspecified atom stereocenters. The zero-order valence-corrected chi connectivity index (χ0v) is 16.2. The summed E-state index contributed by atoms with van der Waals surface area (Å²) >= 11 is 0. The van der Waals surface area contributed by atoms with Crippen molar-refractivity contribution in [3.63, 3.8) is 0 Å². The Morgan fingerprint density at radius 2 is 1.82 bits per heavy atom. The van der Waals surface area contributed by atoms with Gasteiger partial charge in [0.25, 0.3) is 5.91 Å². The van der Waals surface area contributed by atoms with Crippen LogP contribution in [0.25, 0.3) is 0 Å². The maximum atomic E-state index is 12.9. The van der Waals surface area contributed by atoms with E-state index in [9.17, 15) is 18.8 Å². The number of nitrogens with one attached hydrogen (secondary N) is 1. The highest BCUT2D eigenvalue weighted by atomic mass is 19.1. The molecule has 0 spiro atoms. The van der Waals surface area contributed by atoms with E-state index in [0.29, 0.717) is 22.6 Å². The van der Waals surface area contributed by atoms with Crippen molar-refractivity contribution in [3.05, 3.63) is 53.1 Å². The minimum Gasteiger partial charge on any atom is -0.462 e. The van der Waals surface area contributed by atoms with E-state index in [1.807, 2.05) is 0 Å². The molecule has 7 nitrogen and oxygen atoms in total. The Bertz CT molecular complexity index is 873. The number of aromatic nitrogens is 1. The Morgan fingerprint density at radius 1 is 1.18 bits per heavy atom. The number of ether oxygens (including phenoxy) is 2. The highest BCUT2D eigenvalue weighted by Gasteiger charge is 2.21. The topological polar surface area (TPSA) is 86.6 Å². The Hall–Kier alpha value is -3.16. The van der Waals surface area contributed by atoms with E-state index in [0.717, 1.165) is 0 Å². The summed E-state index contributed by atoms with van der Waals surface area (Å²) < 4.78 is 24.7. The van der Waals surface area contributed by atoms with Gasteiger partial charge in [-0.3, -0.25) is 9.59 Å². The Labute approximate surface area is 162 Å². The molecule has 0 aliphatic carbocycles. The van der Waals surface area contributed by atoms with Gasteiger partial charge in [0.15, 0.2) is 6.10 Å². The lowest BCUT2D eigenvalue weighted by Gasteiger charge is -2.15. The van der Waals surface area contributed by atoms with Crippen LogP contribution < -0.4 is 5.32 Å². The normalized spacial score (nSPS) is 11.6. The van der Waals surface area contributed by atoms with Gasteiger partial charge in [-0.2, -0.15) is 0 Å². The predicted octanol–water partition coefficient (Wildman–Crippen LogP) is 2.99. The number of carbonyl (C=O) groups is 3. The SMILES string of the molecule is CCOC(=O)c1cc(C)n(CC(=O)O[C@@H](C)C(=O)Nc2ccc(F)cc2)c1C. The second-order valence-corrected chi connectivity index (χ2v) is 6.22. The van der Waals surface area contributed by atoms with Gasteiger partial charge in [0.05, 0.1) is 12.2 Å². The smallest absolute Gasteiger partial charge is 0.339 e. The fourth-order valence-corrected chi connectivity index (χ4v) is 2.65. The maximum Gasteiger partial charge on any atom is 0.339 e. The van der Waals surface area contributed by atoms with E-state index in [-0.39, 0.29) is 13.2 Å². The van der Waals surface area contributed by atoms with Crippen LogP contribution in [-0.4, -0.2) is 35.1 Å². The molecule has 8 heteroatoms. The van der Waals surface area contributed by atoms with Crippen LogP contribution in [0.5, 0.6) is 0 Å². The summed E-state index contributed by atoms with van der Waals surface area (Å²) in [6.45, 7) is 6.73. The molecule has 0 fully saturated rings. The maximum absolute atomic E-state index is 12.9. The Morgan fingerprint density at radius 3 is 2.43 bits per heavy atom. The second kappa shape index (κ2) is 9.16. The molecule has 2 rings (SSSR count). The number of amides is 1. The van der Waals surface area contributed by atoms with Crippen LogP contribution in [0.3, 0.4) is 0 Å². The number of benzene rings is 1. The van der Waals surface area contributed by atoms with E-state index >= 15 is 0 Å². The van der Waals surface area contributed by atoms with Crippen molar-refractivity contribution in [2.24, 2.45) is 0 Å². The molecule has 1 aromatic carbocycles. The number of aryl methyl sites for hydroxylation is 1. The predicted molar refractivity (Wildman–Crippen MR) is 100 cm³/mol. The number of carbonyl (C=O) groups excluding carboxylic acids is 3. The number of hydrogen-bond donors (Lipinski definition) is 1. The molecule has 1 amide bonds. The summed E-state index contributed by atoms with van der Waals surface area (Å²) in [7, 11) is 0. The van der Waals surface area contributed by atoms with E-state index < -0.39 is 29.8 Å². The molecule has 150 valence electrons. The average Bonchev–Trinajstić information content (AvgIpc) is 2.92. The van der Waals surface area contributed by atoms with Crippen LogP contribution in [0.1, 0.15) is 35.6 Å². The first kappa shape index (κ1) is 21.1. The Balaban J connectivity index is 1.98. The zero-order chi connectivity index (χ0) is 20.8. The van der Waals surface area contributed by atoms with Crippen LogP contribution >= 0.6 is 0 Å². The van der Waals surface area contributed by atoms with Crippen LogP contribution in [0.2, 0.25) is 0 Å². The number of hydrogen-bond acceptors (Lipinski definition) is 5. The summed E-state index contributed by atoms with van der Waals surface area (Å²) in [6, 6.07) is 6.89. The number of esters is 2. The zero-order valence-electron chi connectivity index (χ0n) is 16.2. The van der Waals surface area contributed by atoms with Gasteiger partial charge in [0.2, 0.25) is 0 Å². The molecule has 2 aromatic rings. The molecule has 0 aliphatic rings. The molecule has 0 radical (unpaired) electrons. The lowest BCUT2D eigenvalue weighted by Crippen LogP contribution is -2.31. The van der Waals surface area contributed by atoms with Gasteiger partial charge in [0, 0.05) is 17.1 Å². The first-order chi connectivity index (χ1) is 13.2. The van der Waals surface area contributed by atoms with Crippen molar-refractivity contribution in [2.75, 3.05) is 11.9 Å². The van der Waals surface area contributed by atoms with Gasteiger partial charge in [-0.15, -0.1) is 0 Å². The molecule has 1 heterocycles. The van der Waals surface area contributed by atoms with Crippen molar-refractivity contribution in [3.8, 4) is 0 Å². The summed E-state index contributed by atoms with van der Waals surface area (Å²) in [5.41, 5.74) is 2.05. The third-order valence-electron chi connectivity index (χ3n) is 4.15. The number of anilines is 1. The molecular weight excluding hydrogens is 367 g/mol. The highest BCUT2D eigenvalue weighted by Crippen LogP contribution is 2.17. The van der Waals surface area contributed by atoms with Gasteiger partial charge in [-0.1, -0.05) is 0 Å². The van der Waals surface area contributed by atoms with E-state index in [1.54, 1.807) is 31.4 Å². The first-order valence-corrected chi connectivity index (χ1v) is 8.82. The second-order valence-electron chi connectivity index (χ2n) is 6.22. The minimum absolute atomic E-state index is 0.148. The van der Waals surface area contributed by atoms with Crippen LogP contribution in [0.4, 0.5) is 10.1 Å². The van der Waals surface area contributed by atoms with Crippen molar-refractivity contribution >= 4 is 23.5 Å². The quantitative estimate of drug-likeness (QED) is 0.735. The van der Waals surface area contributed by atoms with Gasteiger partial charge in [-0.25, -0.2) is 9.18 Å². The van der Waals surface area contributed by atoms with E-state index in [4.69, 9.17) is 9.47 Å². The fourth-order valence-electron chi connectivity index (χ4n) is 2.65. The van der Waals surface area contributed by atoms with Crippen molar-refractivity contribution in [2.45, 2.75) is 40.3 Å². The molecule has 0 bridgehead atoms. The van der Waals surface area contributed by atoms with Crippen molar-refractivity contribution in [1.29, 1.82) is 0 Å². The van der Waals surface area contributed by atoms with Crippen LogP contribution in [0.15, 0.2) is 30.3 Å². The third kappa shape index (κ3) is 5.18. The molecule has 0 aliphatic heterocycles. The van der Waals surface area contributed by atoms with Crippen LogP contribution in [0, 0.1) is 19.7 Å². The number of halogens is 1. The van der Waals surface area contributed by atoms with Gasteiger partial charge in [-0.05, 0) is 58.0 Å². The van der Waals surface area contributed by atoms with Gasteiger partial charge in [0.1, 0.15) is 12.4 Å². The monoisotopic (exact) mass is 390 g/mol. The standard InChI is InChI=1S/C20H23FN2O5/c1-5-27-20(26)17-10-12(2)23(13(17)3)11-18(24)28-14(4)19(25)22-16-8-6-15(21)7-9-16/h6-10,14H,5,11H2,1-4H3,(H,22,25)/t14-/m0/s1. The average molecular weight is 390 g/mol. The van der Waals surface area contributed by atoms with E-state index in [2.05, 4.69) is 5.32 Å². The first-order valence-electron chi connectivity index (χ1n) is 8.82. The number of rotatable bonds is 7. The summed E-state index contributed by atoms with van der Waals surface area (Å²) in [5, 5.41) is 2.54. The molecule has 1 atom stereocenters. The van der Waals surface area contributed by atoms with E-state index in [1.165, 1.54) is 31.2 Å². The highest BCUT2D eigenvalue weighted by molar-refractivity contribution is 5.95. The lowest BCUT2D eigenvalue weighted by molar-refractivity contribution is -0.153. The van der Waals surface area contributed by atoms with Gasteiger partial charge >= 0.3 is 11.9 Å². The fraction of sp³-hybridized carbons (Fsp3) is 0.350. The minimum atomic E-state index is -1.04. The van der Waals surface area contributed by atoms with Crippen LogP contribution in [-0.2, 0) is 25.6 Å².